The summed E-state index contributed by atoms with van der Waals surface area (Å²) in [6.45, 7) is 5.10. The van der Waals surface area contributed by atoms with Crippen LogP contribution in [0.1, 0.15) is 78.6 Å². The van der Waals surface area contributed by atoms with E-state index in [9.17, 15) is 97.0 Å². The normalized spacial score (nSPS) is 54.5. The second-order valence-electron chi connectivity index (χ2n) is 26.8. The van der Waals surface area contributed by atoms with Crippen LogP contribution in [-0.2, 0) is 61.6 Å². The average Bonchev–Trinajstić information content (AvgIpc) is 1.85. The Morgan fingerprint density at radius 2 is 0.944 bits per heavy atom. The molecule has 0 aromatic carbocycles. The van der Waals surface area contributed by atoms with Crippen LogP contribution in [-0.4, -0.2) is 332 Å². The molecule has 10 fully saturated rings. The lowest BCUT2D eigenvalue weighted by Crippen LogP contribution is -2.68. The second kappa shape index (κ2) is 27.3. The standard InChI is InChI=1S/C57H92O32/c1-20-12-56-10-6-28-54(3,29(56)7-11-57(20,19-56)89-52-46(40(73)34(67)25(16-61)84-52)78-18-27-35(68)37(70)31(64)22(13-58)80-27)8-5-9-55(28,4)53(77)88-51-47(45(36(69)26(17-62)83-51)86-49-42(75)39(72)33(66)24(15-60)82-49)87-50-43(76)44(30(63)21(2)79-50)85-48-41(74)38(71)32(65)23(14-59)81-48/h21-52,58-76H,1,5-19H2,2-4H3/t21?,22?,23?,24?,25?,26?,27?,28-,29-,30?,31?,32?,33?,34?,35?,36?,37?,38?,39?,40?,41?,42?,43?,44?,45?,46?,47?,48?,49?,50?,51?,52?,54+,55+,56+,57?/m0/s1. The van der Waals surface area contributed by atoms with E-state index in [-0.39, 0.29) is 5.92 Å². The fourth-order valence-electron chi connectivity index (χ4n) is 16.6. The molecule has 6 heterocycles. The second-order valence-corrected chi connectivity index (χ2v) is 26.8. The zero-order valence-corrected chi connectivity index (χ0v) is 49.6. The molecule has 2 bridgehead atoms. The van der Waals surface area contributed by atoms with E-state index < -0.39 is 257 Å². The zero-order valence-electron chi connectivity index (χ0n) is 49.6. The summed E-state index contributed by atoms with van der Waals surface area (Å²) in [4.78, 5) is 15.5. The summed E-state index contributed by atoms with van der Waals surface area (Å²) in [6, 6.07) is 0. The van der Waals surface area contributed by atoms with Gasteiger partial charge in [0.1, 0.15) is 140 Å². The topological polar surface area (TPSA) is 512 Å². The van der Waals surface area contributed by atoms with Crippen LogP contribution < -0.4 is 0 Å². The monoisotopic (exact) mass is 1290 g/mol. The Morgan fingerprint density at radius 3 is 1.53 bits per heavy atom. The van der Waals surface area contributed by atoms with Gasteiger partial charge in [0.25, 0.3) is 0 Å². The first kappa shape index (κ1) is 69.8. The van der Waals surface area contributed by atoms with Crippen LogP contribution in [0.3, 0.4) is 0 Å². The van der Waals surface area contributed by atoms with Gasteiger partial charge in [-0.05, 0) is 93.5 Å². The molecule has 10 aliphatic rings. The minimum atomic E-state index is -2.12. The van der Waals surface area contributed by atoms with Crippen molar-refractivity contribution >= 4 is 5.97 Å². The van der Waals surface area contributed by atoms with Crippen LogP contribution in [0, 0.1) is 28.1 Å². The third-order valence-electron chi connectivity index (χ3n) is 21.6. The number of aliphatic hydroxyl groups is 19. The number of ether oxygens (including phenoxy) is 12. The Balaban J connectivity index is 0.900. The highest BCUT2D eigenvalue weighted by atomic mass is 16.8. The summed E-state index contributed by atoms with van der Waals surface area (Å²) in [5, 5.41) is 204. The van der Waals surface area contributed by atoms with Gasteiger partial charge in [0.05, 0.1) is 56.8 Å². The molecule has 32 nitrogen and oxygen atoms in total. The summed E-state index contributed by atoms with van der Waals surface area (Å²) < 4.78 is 72.7. The maximum atomic E-state index is 15.5. The number of hydrogen-bond donors (Lipinski definition) is 19. The Labute approximate surface area is 511 Å². The molecule has 6 aliphatic heterocycles. The molecule has 10 rings (SSSR count). The summed E-state index contributed by atoms with van der Waals surface area (Å²) in [6.07, 6.45) is -48.1. The van der Waals surface area contributed by atoms with E-state index in [0.29, 0.717) is 63.4 Å². The molecule has 0 aromatic heterocycles. The highest BCUT2D eigenvalue weighted by molar-refractivity contribution is 5.77. The van der Waals surface area contributed by atoms with Gasteiger partial charge in [-0.25, -0.2) is 0 Å². The Bertz CT molecular complexity index is 2400. The minimum Gasteiger partial charge on any atom is -0.432 e. The van der Waals surface area contributed by atoms with Gasteiger partial charge in [0.15, 0.2) is 31.3 Å². The van der Waals surface area contributed by atoms with Crippen LogP contribution in [0.5, 0.6) is 0 Å². The van der Waals surface area contributed by atoms with E-state index in [4.69, 9.17) is 56.8 Å². The van der Waals surface area contributed by atoms with Crippen LogP contribution in [0.15, 0.2) is 12.2 Å². The van der Waals surface area contributed by atoms with Crippen molar-refractivity contribution in [2.45, 2.75) is 268 Å². The first-order valence-corrected chi connectivity index (χ1v) is 30.7. The molecule has 6 saturated heterocycles. The van der Waals surface area contributed by atoms with E-state index >= 15 is 4.79 Å². The van der Waals surface area contributed by atoms with Crippen molar-refractivity contribution in [3.8, 4) is 0 Å². The van der Waals surface area contributed by atoms with Crippen molar-refractivity contribution in [1.29, 1.82) is 0 Å². The van der Waals surface area contributed by atoms with E-state index in [2.05, 4.69) is 13.5 Å². The molecular formula is C57H92O32. The van der Waals surface area contributed by atoms with Gasteiger partial charge in [-0.3, -0.25) is 4.79 Å². The van der Waals surface area contributed by atoms with Crippen molar-refractivity contribution in [2.75, 3.05) is 39.6 Å². The van der Waals surface area contributed by atoms with Gasteiger partial charge in [-0.2, -0.15) is 0 Å². The quantitative estimate of drug-likeness (QED) is 0.0344. The van der Waals surface area contributed by atoms with Crippen LogP contribution in [0.25, 0.3) is 0 Å². The van der Waals surface area contributed by atoms with Gasteiger partial charge < -0.3 is 154 Å². The summed E-state index contributed by atoms with van der Waals surface area (Å²) in [5.74, 6) is -1.30. The fourth-order valence-corrected chi connectivity index (χ4v) is 16.6. The molecule has 32 heteroatoms. The highest BCUT2D eigenvalue weighted by Crippen LogP contribution is 2.74. The lowest BCUT2D eigenvalue weighted by atomic mass is 9.41. The first-order chi connectivity index (χ1) is 42.1. The van der Waals surface area contributed by atoms with Crippen molar-refractivity contribution in [3.63, 3.8) is 0 Å². The summed E-state index contributed by atoms with van der Waals surface area (Å²) >= 11 is 0. The minimum absolute atomic E-state index is 0.0760. The number of carbonyl (C=O) groups is 1. The van der Waals surface area contributed by atoms with Crippen LogP contribution >= 0.6 is 0 Å². The zero-order chi connectivity index (χ0) is 64.7. The van der Waals surface area contributed by atoms with Crippen molar-refractivity contribution < 1.29 is 159 Å². The Morgan fingerprint density at radius 1 is 0.472 bits per heavy atom. The van der Waals surface area contributed by atoms with E-state index in [0.717, 1.165) is 0 Å². The van der Waals surface area contributed by atoms with Gasteiger partial charge in [0.2, 0.25) is 6.29 Å². The average molecular weight is 1290 g/mol. The van der Waals surface area contributed by atoms with Crippen molar-refractivity contribution in [3.05, 3.63) is 12.2 Å². The van der Waals surface area contributed by atoms with Gasteiger partial charge in [-0.1, -0.05) is 19.9 Å². The van der Waals surface area contributed by atoms with Gasteiger partial charge in [0, 0.05) is 0 Å². The maximum Gasteiger partial charge on any atom is 0.314 e. The van der Waals surface area contributed by atoms with Gasteiger partial charge >= 0.3 is 5.97 Å². The summed E-state index contributed by atoms with van der Waals surface area (Å²) in [7, 11) is 0. The molecule has 31 unspecified atom stereocenters. The molecule has 0 radical (unpaired) electrons. The van der Waals surface area contributed by atoms with Crippen LogP contribution in [0.2, 0.25) is 0 Å². The molecule has 36 atom stereocenters. The predicted molar refractivity (Wildman–Crippen MR) is 288 cm³/mol. The third-order valence-corrected chi connectivity index (χ3v) is 21.6. The number of hydrogen-bond acceptors (Lipinski definition) is 32. The molecule has 0 aromatic rings. The molecule has 1 spiro atoms. The van der Waals surface area contributed by atoms with Crippen LogP contribution in [0.4, 0.5) is 0 Å². The van der Waals surface area contributed by atoms with Crippen molar-refractivity contribution in [1.82, 2.24) is 0 Å². The molecule has 512 valence electrons. The number of fused-ring (bicyclic) bond motifs is 3. The molecule has 4 aliphatic carbocycles. The fraction of sp³-hybridized carbons (Fsp3) is 0.947. The van der Waals surface area contributed by atoms with Crippen molar-refractivity contribution in [2.24, 2.45) is 28.1 Å². The third kappa shape index (κ3) is 12.4. The Kier molecular flexibility index (Phi) is 21.4. The molecular weight excluding hydrogens is 1200 g/mol. The molecule has 19 N–H and O–H groups in total. The molecule has 0 amide bonds. The number of carbonyl (C=O) groups excluding carboxylic acids is 1. The number of aliphatic hydroxyl groups excluding tert-OH is 19. The molecule has 4 saturated carbocycles. The lowest BCUT2D eigenvalue weighted by Gasteiger charge is -2.64. The Hall–Kier alpha value is -1.99. The van der Waals surface area contributed by atoms with E-state index in [1.807, 2.05) is 0 Å². The van der Waals surface area contributed by atoms with Gasteiger partial charge in [-0.15, -0.1) is 0 Å². The lowest BCUT2D eigenvalue weighted by molar-refractivity contribution is -0.396. The first-order valence-electron chi connectivity index (χ1n) is 30.7. The SMILES string of the molecule is C=C1C[C@@]23CC[C@H]4[C@@](C)(CCC[C@@]4(C)C(=O)OC4OC(CO)C(O)C(OC5OC(CO)C(O)C(O)C5O)C4OC4OC(C)C(O)C(OC5OC(CO)C(O)C(O)C5O)C4O)[C@@H]2CCC1(OC1OC(CO)C(O)C(O)C1OCC1OC(CO)C(O)C(O)C1O)C3. The maximum absolute atomic E-state index is 15.5. The van der Waals surface area contributed by atoms with E-state index in [1.165, 1.54) is 6.92 Å². The number of rotatable bonds is 18. The van der Waals surface area contributed by atoms with E-state index in [1.54, 1.807) is 6.92 Å². The number of esters is 1. The smallest absolute Gasteiger partial charge is 0.314 e. The molecule has 89 heavy (non-hydrogen) atoms. The largest absolute Gasteiger partial charge is 0.432 e. The summed E-state index contributed by atoms with van der Waals surface area (Å²) in [5.41, 5.74) is -2.76. The predicted octanol–water partition coefficient (Wildman–Crippen LogP) is -8.40. The highest BCUT2D eigenvalue weighted by Gasteiger charge is 2.70.